The van der Waals surface area contributed by atoms with Crippen molar-refractivity contribution in [3.63, 3.8) is 0 Å². The molecule has 0 atom stereocenters. The molecule has 1 fully saturated rings. The van der Waals surface area contributed by atoms with Crippen LogP contribution in [0, 0.1) is 0 Å². The lowest BCUT2D eigenvalue weighted by Gasteiger charge is -2.34. The lowest BCUT2D eigenvalue weighted by atomic mass is 9.88. The van der Waals surface area contributed by atoms with Crippen LogP contribution in [-0.4, -0.2) is 28.4 Å². The van der Waals surface area contributed by atoms with Crippen LogP contribution in [0.25, 0.3) is 5.65 Å². The molecule has 1 aliphatic rings. The fourth-order valence-electron chi connectivity index (χ4n) is 5.06. The Morgan fingerprint density at radius 1 is 1.05 bits per heavy atom. The van der Waals surface area contributed by atoms with Gasteiger partial charge in [0.05, 0.1) is 11.3 Å². The van der Waals surface area contributed by atoms with Gasteiger partial charge in [0.15, 0.2) is 0 Å². The van der Waals surface area contributed by atoms with Crippen LogP contribution < -0.4 is 10.2 Å². The van der Waals surface area contributed by atoms with Gasteiger partial charge in [-0.15, -0.1) is 0 Å². The van der Waals surface area contributed by atoms with Crippen LogP contribution in [0.5, 0.6) is 0 Å². The van der Waals surface area contributed by atoms with Crippen molar-refractivity contribution in [1.82, 2.24) is 14.7 Å². The maximum atomic E-state index is 13.0. The average molecular weight is 585 g/mol. The molecule has 1 aliphatic heterocycles. The van der Waals surface area contributed by atoms with Crippen molar-refractivity contribution >= 4 is 33.2 Å². The van der Waals surface area contributed by atoms with Crippen LogP contribution in [0.1, 0.15) is 58.6 Å². The number of carbonyl (C=O) groups is 1. The van der Waals surface area contributed by atoms with E-state index in [0.29, 0.717) is 18.7 Å². The van der Waals surface area contributed by atoms with E-state index >= 15 is 0 Å². The molecule has 0 spiro atoms. The smallest absolute Gasteiger partial charge is 0.371 e. The molecule has 3 heterocycles. The van der Waals surface area contributed by atoms with Gasteiger partial charge in [-0.25, -0.2) is 4.98 Å². The third-order valence-corrected chi connectivity index (χ3v) is 7.66. The molecule has 0 saturated carbocycles. The molecule has 0 bridgehead atoms. The van der Waals surface area contributed by atoms with Crippen molar-refractivity contribution in [2.75, 3.05) is 18.0 Å². The summed E-state index contributed by atoms with van der Waals surface area (Å²) in [6.45, 7) is 4.07. The molecule has 2 aromatic heterocycles. The van der Waals surface area contributed by atoms with Gasteiger partial charge in [0, 0.05) is 36.0 Å². The summed E-state index contributed by atoms with van der Waals surface area (Å²) in [7, 11) is 0. The van der Waals surface area contributed by atoms with Crippen LogP contribution in [-0.2, 0) is 19.1 Å². The highest BCUT2D eigenvalue weighted by Gasteiger charge is 2.30. The predicted molar refractivity (Wildman–Crippen MR) is 146 cm³/mol. The lowest BCUT2D eigenvalue weighted by Crippen LogP contribution is -2.32. The second-order valence-corrected chi connectivity index (χ2v) is 10.5. The average Bonchev–Trinajstić information content (AvgIpc) is 3.29. The summed E-state index contributed by atoms with van der Waals surface area (Å²) in [4.78, 5) is 19.9. The fraction of sp³-hybridized carbons (Fsp3) is 0.310. The number of nitrogens with zero attached hydrogens (tertiary/aromatic N) is 3. The summed E-state index contributed by atoms with van der Waals surface area (Å²) >= 11 is 3.45. The Balaban J connectivity index is 1.17. The zero-order chi connectivity index (χ0) is 26.9. The molecule has 5 rings (SSSR count). The van der Waals surface area contributed by atoms with Gasteiger partial charge in [-0.2, -0.15) is 13.2 Å². The monoisotopic (exact) mass is 584 g/mol. The number of aryl methyl sites for hydroxylation is 1. The minimum Gasteiger partial charge on any atom is -0.371 e. The van der Waals surface area contributed by atoms with Crippen LogP contribution in [0.3, 0.4) is 0 Å². The number of hydrogen-bond donors (Lipinski definition) is 1. The normalized spacial score (nSPS) is 14.7. The van der Waals surface area contributed by atoms with Crippen molar-refractivity contribution < 1.29 is 18.0 Å². The van der Waals surface area contributed by atoms with Gasteiger partial charge in [0.25, 0.3) is 5.91 Å². The zero-order valence-electron chi connectivity index (χ0n) is 20.9. The second kappa shape index (κ2) is 10.8. The van der Waals surface area contributed by atoms with Gasteiger partial charge in [-0.1, -0.05) is 47.1 Å². The van der Waals surface area contributed by atoms with Crippen molar-refractivity contribution in [2.24, 2.45) is 0 Å². The number of halogens is 4. The number of anilines is 1. The Bertz CT molecular complexity index is 1420. The first-order valence-corrected chi connectivity index (χ1v) is 13.5. The number of benzene rings is 2. The minimum atomic E-state index is -4.30. The standard InChI is InChI=1S/C29H28BrF3N4O/c1-2-25-27(37-16-13-23(30)17-26(37)35-25)28(38)34-18-19-3-9-24(10-4-19)36-14-11-21(12-15-36)20-5-7-22(8-6-20)29(31,32)33/h3-10,13,16-17,21H,2,11-12,14-15,18H2,1H3,(H,34,38). The van der Waals surface area contributed by atoms with E-state index < -0.39 is 11.7 Å². The summed E-state index contributed by atoms with van der Waals surface area (Å²) in [5, 5.41) is 3.02. The number of amides is 1. The number of nitrogens with one attached hydrogen (secondary N) is 1. The second-order valence-electron chi connectivity index (χ2n) is 9.56. The highest BCUT2D eigenvalue weighted by molar-refractivity contribution is 9.10. The highest BCUT2D eigenvalue weighted by atomic mass is 79.9. The number of pyridine rings is 1. The van der Waals surface area contributed by atoms with Gasteiger partial charge in [0.1, 0.15) is 11.3 Å². The predicted octanol–water partition coefficient (Wildman–Crippen LogP) is 6.99. The van der Waals surface area contributed by atoms with Crippen molar-refractivity contribution in [3.05, 3.63) is 99.4 Å². The summed E-state index contributed by atoms with van der Waals surface area (Å²) in [6.07, 6.45) is -0.0269. The number of rotatable bonds is 6. The van der Waals surface area contributed by atoms with Gasteiger partial charge in [-0.05, 0) is 72.7 Å². The lowest BCUT2D eigenvalue weighted by molar-refractivity contribution is -0.137. The quantitative estimate of drug-likeness (QED) is 0.265. The van der Waals surface area contributed by atoms with E-state index in [9.17, 15) is 18.0 Å². The Labute approximate surface area is 227 Å². The number of hydrogen-bond acceptors (Lipinski definition) is 3. The van der Waals surface area contributed by atoms with Gasteiger partial charge in [-0.3, -0.25) is 9.20 Å². The van der Waals surface area contributed by atoms with E-state index in [4.69, 9.17) is 0 Å². The van der Waals surface area contributed by atoms with Crippen LogP contribution >= 0.6 is 15.9 Å². The molecule has 0 unspecified atom stereocenters. The molecule has 2 aromatic carbocycles. The zero-order valence-corrected chi connectivity index (χ0v) is 22.5. The number of piperidine rings is 1. The molecule has 9 heteroatoms. The summed E-state index contributed by atoms with van der Waals surface area (Å²) < 4.78 is 41.3. The van der Waals surface area contributed by atoms with E-state index in [1.54, 1.807) is 12.1 Å². The first-order valence-electron chi connectivity index (χ1n) is 12.7. The third kappa shape index (κ3) is 5.57. The van der Waals surface area contributed by atoms with Crippen molar-refractivity contribution in [1.29, 1.82) is 0 Å². The first-order chi connectivity index (χ1) is 18.2. The Hall–Kier alpha value is -3.33. The van der Waals surface area contributed by atoms with Crippen molar-refractivity contribution in [2.45, 2.75) is 44.8 Å². The number of alkyl halides is 3. The minimum absolute atomic E-state index is 0.161. The number of imidazole rings is 1. The largest absolute Gasteiger partial charge is 0.416 e. The molecular formula is C29H28BrF3N4O. The molecule has 0 aliphatic carbocycles. The molecule has 4 aromatic rings. The molecular weight excluding hydrogens is 557 g/mol. The van der Waals surface area contributed by atoms with Crippen LogP contribution in [0.2, 0.25) is 0 Å². The van der Waals surface area contributed by atoms with E-state index in [-0.39, 0.29) is 11.8 Å². The number of fused-ring (bicyclic) bond motifs is 1. The fourth-order valence-corrected chi connectivity index (χ4v) is 5.38. The summed E-state index contributed by atoms with van der Waals surface area (Å²) in [5.74, 6) is 0.0999. The van der Waals surface area contributed by atoms with E-state index in [1.807, 2.05) is 41.8 Å². The van der Waals surface area contributed by atoms with E-state index in [0.717, 1.165) is 58.6 Å². The van der Waals surface area contributed by atoms with Crippen LogP contribution in [0.15, 0.2) is 71.3 Å². The van der Waals surface area contributed by atoms with Crippen molar-refractivity contribution in [3.8, 4) is 0 Å². The summed E-state index contributed by atoms with van der Waals surface area (Å²) in [5.41, 5.74) is 4.51. The molecule has 1 amide bonds. The molecule has 1 N–H and O–H groups in total. The van der Waals surface area contributed by atoms with E-state index in [2.05, 4.69) is 43.3 Å². The molecule has 1 saturated heterocycles. The van der Waals surface area contributed by atoms with Gasteiger partial charge < -0.3 is 10.2 Å². The van der Waals surface area contributed by atoms with Gasteiger partial charge in [0.2, 0.25) is 0 Å². The van der Waals surface area contributed by atoms with Gasteiger partial charge >= 0.3 is 6.18 Å². The molecule has 38 heavy (non-hydrogen) atoms. The Morgan fingerprint density at radius 3 is 2.37 bits per heavy atom. The Kier molecular flexibility index (Phi) is 7.47. The maximum absolute atomic E-state index is 13.0. The first kappa shape index (κ1) is 26.3. The Morgan fingerprint density at radius 2 is 1.74 bits per heavy atom. The molecule has 5 nitrogen and oxygen atoms in total. The third-order valence-electron chi connectivity index (χ3n) is 7.17. The van der Waals surface area contributed by atoms with E-state index in [1.165, 1.54) is 12.1 Å². The SMILES string of the molecule is CCc1nc2cc(Br)ccn2c1C(=O)NCc1ccc(N2CCC(c3ccc(C(F)(F)F)cc3)CC2)cc1. The maximum Gasteiger partial charge on any atom is 0.416 e. The summed E-state index contributed by atoms with van der Waals surface area (Å²) in [6, 6.07) is 17.5. The topological polar surface area (TPSA) is 49.6 Å². The molecule has 198 valence electrons. The molecule has 0 radical (unpaired) electrons. The number of aromatic nitrogens is 2. The number of carbonyl (C=O) groups excluding carboxylic acids is 1. The van der Waals surface area contributed by atoms with Crippen LogP contribution in [0.4, 0.5) is 18.9 Å². The highest BCUT2D eigenvalue weighted by Crippen LogP contribution is 2.34.